The molecule has 0 saturated carbocycles. The number of anilines is 1. The van der Waals surface area contributed by atoms with Crippen molar-refractivity contribution in [3.8, 4) is 5.75 Å². The molecule has 21 heavy (non-hydrogen) atoms. The minimum Gasteiger partial charge on any atom is -0.482 e. The first kappa shape index (κ1) is 14.5. The largest absolute Gasteiger partial charge is 0.482 e. The minimum atomic E-state index is -1.06. The van der Waals surface area contributed by atoms with Crippen molar-refractivity contribution in [3.63, 3.8) is 0 Å². The molecule has 0 aliphatic rings. The van der Waals surface area contributed by atoms with Gasteiger partial charge in [-0.1, -0.05) is 6.07 Å². The number of aryl methyl sites for hydroxylation is 1. The number of amides is 1. The van der Waals surface area contributed by atoms with Gasteiger partial charge in [0.1, 0.15) is 18.4 Å². The van der Waals surface area contributed by atoms with Gasteiger partial charge in [-0.3, -0.25) is 9.48 Å². The van der Waals surface area contributed by atoms with E-state index in [1.54, 1.807) is 28.9 Å². The Bertz CT molecular complexity index is 612. The summed E-state index contributed by atoms with van der Waals surface area (Å²) in [5.74, 6) is -0.857. The fourth-order valence-corrected chi connectivity index (χ4v) is 1.60. The lowest BCUT2D eigenvalue weighted by molar-refractivity contribution is -0.139. The standard InChI is InChI=1S/C13H14N4O4/c18-12(4-5-17-9-14-8-15-17)16-10-2-1-3-11(6-10)21-7-13(19)20/h1-3,6,8-9H,4-5,7H2,(H,16,18)(H,19,20). The Morgan fingerprint density at radius 1 is 1.38 bits per heavy atom. The number of carboxylic acid groups (broad SMARTS) is 1. The molecule has 0 aliphatic heterocycles. The molecule has 8 nitrogen and oxygen atoms in total. The molecule has 1 aromatic carbocycles. The van der Waals surface area contributed by atoms with Gasteiger partial charge in [-0.05, 0) is 12.1 Å². The van der Waals surface area contributed by atoms with Gasteiger partial charge < -0.3 is 15.2 Å². The molecule has 8 heteroatoms. The lowest BCUT2D eigenvalue weighted by Gasteiger charge is -2.08. The second kappa shape index (κ2) is 7.04. The zero-order chi connectivity index (χ0) is 15.1. The number of carbonyl (C=O) groups excluding carboxylic acids is 1. The number of aliphatic carboxylic acids is 1. The third-order valence-corrected chi connectivity index (χ3v) is 2.51. The fourth-order valence-electron chi connectivity index (χ4n) is 1.60. The number of nitrogens with one attached hydrogen (secondary N) is 1. The molecule has 0 radical (unpaired) electrons. The first-order valence-electron chi connectivity index (χ1n) is 6.20. The van der Waals surface area contributed by atoms with E-state index < -0.39 is 12.6 Å². The maximum atomic E-state index is 11.8. The summed E-state index contributed by atoms with van der Waals surface area (Å²) in [6.07, 6.45) is 3.19. The molecule has 2 aromatic rings. The SMILES string of the molecule is O=C(O)COc1cccc(NC(=O)CCn2cncn2)c1. The number of nitrogens with zero attached hydrogens (tertiary/aromatic N) is 3. The Morgan fingerprint density at radius 3 is 2.95 bits per heavy atom. The average molecular weight is 290 g/mol. The highest BCUT2D eigenvalue weighted by atomic mass is 16.5. The van der Waals surface area contributed by atoms with Crippen LogP contribution in [-0.4, -0.2) is 38.4 Å². The smallest absolute Gasteiger partial charge is 0.341 e. The summed E-state index contributed by atoms with van der Waals surface area (Å²) in [7, 11) is 0. The van der Waals surface area contributed by atoms with Crippen LogP contribution in [0.2, 0.25) is 0 Å². The lowest BCUT2D eigenvalue weighted by Crippen LogP contribution is -2.15. The Hall–Kier alpha value is -2.90. The molecule has 0 aliphatic carbocycles. The van der Waals surface area contributed by atoms with Gasteiger partial charge in [-0.15, -0.1) is 0 Å². The van der Waals surface area contributed by atoms with Crippen LogP contribution in [0.1, 0.15) is 6.42 Å². The number of rotatable bonds is 7. The molecule has 2 N–H and O–H groups in total. The Labute approximate surface area is 120 Å². The maximum absolute atomic E-state index is 11.8. The molecular formula is C13H14N4O4. The molecule has 0 unspecified atom stereocenters. The second-order valence-electron chi connectivity index (χ2n) is 4.17. The summed E-state index contributed by atoms with van der Waals surface area (Å²) < 4.78 is 6.60. The number of ether oxygens (including phenoxy) is 1. The van der Waals surface area contributed by atoms with Crippen molar-refractivity contribution < 1.29 is 19.4 Å². The van der Waals surface area contributed by atoms with Gasteiger partial charge in [0.2, 0.25) is 5.91 Å². The normalized spacial score (nSPS) is 10.1. The van der Waals surface area contributed by atoms with E-state index in [-0.39, 0.29) is 12.3 Å². The van der Waals surface area contributed by atoms with Gasteiger partial charge in [-0.25, -0.2) is 9.78 Å². The van der Waals surface area contributed by atoms with Crippen molar-refractivity contribution in [2.75, 3.05) is 11.9 Å². The lowest BCUT2D eigenvalue weighted by atomic mass is 10.3. The molecule has 0 atom stereocenters. The van der Waals surface area contributed by atoms with E-state index in [9.17, 15) is 9.59 Å². The van der Waals surface area contributed by atoms with Crippen LogP contribution in [0.4, 0.5) is 5.69 Å². The van der Waals surface area contributed by atoms with Gasteiger partial charge >= 0.3 is 5.97 Å². The second-order valence-corrected chi connectivity index (χ2v) is 4.17. The first-order valence-corrected chi connectivity index (χ1v) is 6.20. The first-order chi connectivity index (χ1) is 10.1. The van der Waals surface area contributed by atoms with Crippen LogP contribution in [0.15, 0.2) is 36.9 Å². The Kier molecular flexibility index (Phi) is 4.86. The summed E-state index contributed by atoms with van der Waals surface area (Å²) in [6.45, 7) is 0.00470. The van der Waals surface area contributed by atoms with E-state index in [1.165, 1.54) is 12.7 Å². The summed E-state index contributed by atoms with van der Waals surface area (Å²) >= 11 is 0. The maximum Gasteiger partial charge on any atom is 0.341 e. The average Bonchev–Trinajstić information content (AvgIpc) is 2.97. The van der Waals surface area contributed by atoms with E-state index in [2.05, 4.69) is 15.4 Å². The van der Waals surface area contributed by atoms with Crippen molar-refractivity contribution in [2.45, 2.75) is 13.0 Å². The van der Waals surface area contributed by atoms with Gasteiger partial charge in [0.25, 0.3) is 0 Å². The van der Waals surface area contributed by atoms with Crippen molar-refractivity contribution in [3.05, 3.63) is 36.9 Å². The van der Waals surface area contributed by atoms with Crippen molar-refractivity contribution in [1.29, 1.82) is 0 Å². The Morgan fingerprint density at radius 2 is 2.24 bits per heavy atom. The molecular weight excluding hydrogens is 276 g/mol. The highest BCUT2D eigenvalue weighted by Gasteiger charge is 2.05. The third kappa shape index (κ3) is 4.94. The van der Waals surface area contributed by atoms with Crippen molar-refractivity contribution in [1.82, 2.24) is 14.8 Å². The number of aromatic nitrogens is 3. The quantitative estimate of drug-likeness (QED) is 0.780. The number of carboxylic acids is 1. The predicted molar refractivity (Wildman–Crippen MR) is 72.8 cm³/mol. The van der Waals surface area contributed by atoms with Crippen LogP contribution < -0.4 is 10.1 Å². The molecule has 1 heterocycles. The molecule has 0 bridgehead atoms. The van der Waals surface area contributed by atoms with E-state index in [0.29, 0.717) is 18.0 Å². The van der Waals surface area contributed by atoms with E-state index in [1.807, 2.05) is 0 Å². The summed E-state index contributed by atoms with van der Waals surface area (Å²) in [4.78, 5) is 26.0. The van der Waals surface area contributed by atoms with Gasteiger partial charge in [0, 0.05) is 18.2 Å². The highest BCUT2D eigenvalue weighted by Crippen LogP contribution is 2.17. The number of carbonyl (C=O) groups is 2. The zero-order valence-electron chi connectivity index (χ0n) is 11.1. The zero-order valence-corrected chi connectivity index (χ0v) is 11.1. The Balaban J connectivity index is 1.85. The van der Waals surface area contributed by atoms with Crippen LogP contribution >= 0.6 is 0 Å². The molecule has 1 amide bonds. The van der Waals surface area contributed by atoms with E-state index in [4.69, 9.17) is 9.84 Å². The van der Waals surface area contributed by atoms with Gasteiger partial charge in [0.15, 0.2) is 6.61 Å². The number of hydrogen-bond acceptors (Lipinski definition) is 5. The highest BCUT2D eigenvalue weighted by molar-refractivity contribution is 5.90. The van der Waals surface area contributed by atoms with Crippen molar-refractivity contribution in [2.24, 2.45) is 0 Å². The van der Waals surface area contributed by atoms with Crippen LogP contribution in [0, 0.1) is 0 Å². The molecule has 110 valence electrons. The van der Waals surface area contributed by atoms with Crippen LogP contribution in [0.3, 0.4) is 0 Å². The molecule has 0 fully saturated rings. The fraction of sp³-hybridized carbons (Fsp3) is 0.231. The van der Waals surface area contributed by atoms with Crippen LogP contribution in [0.25, 0.3) is 0 Å². The van der Waals surface area contributed by atoms with Gasteiger partial charge in [0.05, 0.1) is 6.54 Å². The summed E-state index contributed by atoms with van der Waals surface area (Å²) in [5, 5.41) is 15.1. The monoisotopic (exact) mass is 290 g/mol. The molecule has 0 spiro atoms. The minimum absolute atomic E-state index is 0.180. The van der Waals surface area contributed by atoms with E-state index in [0.717, 1.165) is 0 Å². The van der Waals surface area contributed by atoms with Gasteiger partial charge in [-0.2, -0.15) is 5.10 Å². The van der Waals surface area contributed by atoms with Crippen LogP contribution in [0.5, 0.6) is 5.75 Å². The number of benzene rings is 1. The summed E-state index contributed by atoms with van der Waals surface area (Å²) in [6, 6.07) is 6.55. The summed E-state index contributed by atoms with van der Waals surface area (Å²) in [5.41, 5.74) is 0.543. The third-order valence-electron chi connectivity index (χ3n) is 2.51. The topological polar surface area (TPSA) is 106 Å². The van der Waals surface area contributed by atoms with Crippen molar-refractivity contribution >= 4 is 17.6 Å². The molecule has 2 rings (SSSR count). The van der Waals surface area contributed by atoms with E-state index >= 15 is 0 Å². The molecule has 0 saturated heterocycles. The number of hydrogen-bond donors (Lipinski definition) is 2. The van der Waals surface area contributed by atoms with Crippen LogP contribution in [-0.2, 0) is 16.1 Å². The predicted octanol–water partition coefficient (Wildman–Crippen LogP) is 0.770. The molecule has 1 aromatic heterocycles.